The fourth-order valence-corrected chi connectivity index (χ4v) is 2.86. The fraction of sp³-hybridized carbons (Fsp3) is 0.294. The number of amides is 3. The van der Waals surface area contributed by atoms with Crippen LogP contribution in [-0.4, -0.2) is 44.0 Å². The third-order valence-corrected chi connectivity index (χ3v) is 4.45. The molecule has 1 heterocycles. The number of carbonyl (C=O) groups is 2. The molecule has 0 aliphatic carbocycles. The number of hydrogen-bond donors (Lipinski definition) is 4. The van der Waals surface area contributed by atoms with Crippen LogP contribution in [0, 0.1) is 0 Å². The van der Waals surface area contributed by atoms with Crippen LogP contribution < -0.4 is 21.7 Å². The van der Waals surface area contributed by atoms with Gasteiger partial charge in [-0.15, -0.1) is 11.3 Å². The van der Waals surface area contributed by atoms with Crippen LogP contribution in [0.2, 0.25) is 0 Å². The Labute approximate surface area is 151 Å². The Hall–Kier alpha value is -2.58. The molecule has 2 aromatic rings. The molecule has 0 saturated heterocycles. The minimum absolute atomic E-state index is 0.218. The van der Waals surface area contributed by atoms with Crippen LogP contribution in [0.25, 0.3) is 0 Å². The highest BCUT2D eigenvalue weighted by atomic mass is 32.1. The van der Waals surface area contributed by atoms with Crippen molar-refractivity contribution in [3.05, 3.63) is 46.2 Å². The van der Waals surface area contributed by atoms with Gasteiger partial charge < -0.3 is 26.6 Å². The lowest BCUT2D eigenvalue weighted by Gasteiger charge is -2.10. The molecule has 1 aromatic heterocycles. The Morgan fingerprint density at radius 1 is 1.12 bits per heavy atom. The number of likely N-dealkylation sites (N-methyl/N-ethyl adjacent to an activating group) is 1. The van der Waals surface area contributed by atoms with Crippen LogP contribution in [0.15, 0.2) is 36.4 Å². The van der Waals surface area contributed by atoms with Gasteiger partial charge in [0.05, 0.1) is 22.8 Å². The van der Waals surface area contributed by atoms with Crippen LogP contribution in [0.3, 0.4) is 0 Å². The monoisotopic (exact) mass is 361 g/mol. The minimum Gasteiger partial charge on any atom is -0.397 e. The van der Waals surface area contributed by atoms with Crippen molar-refractivity contribution in [3.63, 3.8) is 0 Å². The molecule has 134 valence electrons. The fourth-order valence-electron chi connectivity index (χ4n) is 2.01. The maximum Gasteiger partial charge on any atom is 0.315 e. The van der Waals surface area contributed by atoms with Crippen molar-refractivity contribution in [1.82, 2.24) is 15.5 Å². The van der Waals surface area contributed by atoms with E-state index in [0.29, 0.717) is 29.3 Å². The molecule has 8 heteroatoms. The molecule has 0 unspecified atom stereocenters. The number of nitrogen functional groups attached to an aromatic ring is 1. The van der Waals surface area contributed by atoms with Crippen LogP contribution in [0.5, 0.6) is 0 Å². The van der Waals surface area contributed by atoms with Crippen molar-refractivity contribution in [2.75, 3.05) is 38.2 Å². The molecule has 25 heavy (non-hydrogen) atoms. The number of nitrogens with two attached hydrogens (primary N) is 1. The summed E-state index contributed by atoms with van der Waals surface area (Å²) in [6, 6.07) is 10.4. The first-order valence-corrected chi connectivity index (χ1v) is 8.68. The van der Waals surface area contributed by atoms with Gasteiger partial charge in [-0.25, -0.2) is 4.79 Å². The Morgan fingerprint density at radius 3 is 2.60 bits per heavy atom. The molecular weight excluding hydrogens is 338 g/mol. The van der Waals surface area contributed by atoms with E-state index in [1.807, 2.05) is 37.2 Å². The number of nitrogens with zero attached hydrogens (tertiary/aromatic N) is 1. The quantitative estimate of drug-likeness (QED) is 0.566. The highest BCUT2D eigenvalue weighted by Gasteiger charge is 2.11. The first kappa shape index (κ1) is 18.8. The van der Waals surface area contributed by atoms with E-state index >= 15 is 0 Å². The highest BCUT2D eigenvalue weighted by Crippen LogP contribution is 2.21. The number of carbonyl (C=O) groups excluding carboxylic acids is 2. The van der Waals surface area contributed by atoms with Gasteiger partial charge >= 0.3 is 6.03 Å². The molecule has 7 nitrogen and oxygen atoms in total. The molecule has 0 spiro atoms. The van der Waals surface area contributed by atoms with Crippen molar-refractivity contribution in [2.24, 2.45) is 0 Å². The van der Waals surface area contributed by atoms with E-state index < -0.39 is 0 Å². The predicted molar refractivity (Wildman–Crippen MR) is 102 cm³/mol. The first-order valence-electron chi connectivity index (χ1n) is 7.86. The average Bonchev–Trinajstić information content (AvgIpc) is 3.04. The average molecular weight is 361 g/mol. The van der Waals surface area contributed by atoms with Crippen LogP contribution >= 0.6 is 11.3 Å². The molecule has 0 bridgehead atoms. The van der Waals surface area contributed by atoms with E-state index in [9.17, 15) is 9.59 Å². The third-order valence-electron chi connectivity index (χ3n) is 3.36. The predicted octanol–water partition coefficient (Wildman–Crippen LogP) is 1.94. The third kappa shape index (κ3) is 6.09. The zero-order valence-corrected chi connectivity index (χ0v) is 15.2. The van der Waals surface area contributed by atoms with Gasteiger partial charge in [-0.1, -0.05) is 12.1 Å². The standard InChI is InChI=1S/C17H23N5O2S/c1-22(2)10-9-19-17(24)20-11-12-7-8-15(25-12)16(23)21-14-6-4-3-5-13(14)18/h3-8H,9-11,18H2,1-2H3,(H,21,23)(H2,19,20,24). The summed E-state index contributed by atoms with van der Waals surface area (Å²) in [6.45, 7) is 1.73. The zero-order chi connectivity index (χ0) is 18.2. The second-order valence-corrected chi connectivity index (χ2v) is 6.89. The number of benzene rings is 1. The second-order valence-electron chi connectivity index (χ2n) is 5.72. The number of hydrogen-bond acceptors (Lipinski definition) is 5. The summed E-state index contributed by atoms with van der Waals surface area (Å²) in [5.41, 5.74) is 6.92. The van der Waals surface area contributed by atoms with Crippen molar-refractivity contribution < 1.29 is 9.59 Å². The number of para-hydroxylation sites is 2. The molecule has 0 aliphatic rings. The van der Waals surface area contributed by atoms with Gasteiger partial charge in [0.1, 0.15) is 0 Å². The van der Waals surface area contributed by atoms with Gasteiger partial charge in [0.15, 0.2) is 0 Å². The number of nitrogens with one attached hydrogen (secondary N) is 3. The molecule has 0 radical (unpaired) electrons. The lowest BCUT2D eigenvalue weighted by Crippen LogP contribution is -2.38. The largest absolute Gasteiger partial charge is 0.397 e. The number of rotatable bonds is 7. The molecule has 0 atom stereocenters. The Bertz CT molecular complexity index is 729. The summed E-state index contributed by atoms with van der Waals surface area (Å²) in [6.07, 6.45) is 0. The molecule has 0 saturated carbocycles. The zero-order valence-electron chi connectivity index (χ0n) is 14.3. The van der Waals surface area contributed by atoms with E-state index in [-0.39, 0.29) is 11.9 Å². The van der Waals surface area contributed by atoms with E-state index in [1.165, 1.54) is 11.3 Å². The summed E-state index contributed by atoms with van der Waals surface area (Å²) < 4.78 is 0. The summed E-state index contributed by atoms with van der Waals surface area (Å²) in [5, 5.41) is 8.33. The van der Waals surface area contributed by atoms with E-state index in [0.717, 1.165) is 11.4 Å². The normalized spacial score (nSPS) is 10.5. The molecule has 3 amide bonds. The van der Waals surface area contributed by atoms with E-state index in [4.69, 9.17) is 5.73 Å². The van der Waals surface area contributed by atoms with Crippen molar-refractivity contribution in [1.29, 1.82) is 0 Å². The minimum atomic E-state index is -0.224. The van der Waals surface area contributed by atoms with Crippen molar-refractivity contribution in [3.8, 4) is 0 Å². The molecule has 1 aromatic carbocycles. The van der Waals surface area contributed by atoms with Crippen LogP contribution in [0.1, 0.15) is 14.5 Å². The lowest BCUT2D eigenvalue weighted by atomic mass is 10.2. The SMILES string of the molecule is CN(C)CCNC(=O)NCc1ccc(C(=O)Nc2ccccc2N)s1. The molecule has 0 fully saturated rings. The van der Waals surface area contributed by atoms with Gasteiger partial charge in [0, 0.05) is 18.0 Å². The number of urea groups is 1. The van der Waals surface area contributed by atoms with Crippen molar-refractivity contribution in [2.45, 2.75) is 6.54 Å². The van der Waals surface area contributed by atoms with Gasteiger partial charge in [-0.05, 0) is 38.4 Å². The Kier molecular flexibility index (Phi) is 6.79. The lowest BCUT2D eigenvalue weighted by molar-refractivity contribution is 0.103. The summed E-state index contributed by atoms with van der Waals surface area (Å²) in [4.78, 5) is 27.4. The van der Waals surface area contributed by atoms with E-state index in [1.54, 1.807) is 18.2 Å². The van der Waals surface area contributed by atoms with Gasteiger partial charge in [-0.3, -0.25) is 4.79 Å². The Morgan fingerprint density at radius 2 is 1.88 bits per heavy atom. The van der Waals surface area contributed by atoms with Crippen LogP contribution in [-0.2, 0) is 6.54 Å². The smallest absolute Gasteiger partial charge is 0.315 e. The molecule has 0 aliphatic heterocycles. The topological polar surface area (TPSA) is 99.5 Å². The molecule has 5 N–H and O–H groups in total. The summed E-state index contributed by atoms with van der Waals surface area (Å²) >= 11 is 1.33. The highest BCUT2D eigenvalue weighted by molar-refractivity contribution is 7.14. The maximum atomic E-state index is 12.3. The number of anilines is 2. The maximum absolute atomic E-state index is 12.3. The van der Waals surface area contributed by atoms with Gasteiger partial charge in [-0.2, -0.15) is 0 Å². The summed E-state index contributed by atoms with van der Waals surface area (Å²) in [7, 11) is 3.89. The van der Waals surface area contributed by atoms with Crippen molar-refractivity contribution >= 4 is 34.6 Å². The van der Waals surface area contributed by atoms with Gasteiger partial charge in [0.2, 0.25) is 0 Å². The van der Waals surface area contributed by atoms with E-state index in [2.05, 4.69) is 16.0 Å². The number of thiophene rings is 1. The molecular formula is C17H23N5O2S. The Balaban J connectivity index is 1.82. The molecule has 2 rings (SSSR count). The van der Waals surface area contributed by atoms with Crippen LogP contribution in [0.4, 0.5) is 16.2 Å². The summed E-state index contributed by atoms with van der Waals surface area (Å²) in [5.74, 6) is -0.218. The first-order chi connectivity index (χ1) is 12.0. The van der Waals surface area contributed by atoms with Gasteiger partial charge in [0.25, 0.3) is 5.91 Å². The second kappa shape index (κ2) is 9.05.